The minimum absolute atomic E-state index is 0.261. The van der Waals surface area contributed by atoms with Gasteiger partial charge in [0.25, 0.3) is 0 Å². The van der Waals surface area contributed by atoms with E-state index in [0.717, 1.165) is 24.3 Å². The second-order valence-electron chi connectivity index (χ2n) is 5.71. The number of rotatable bonds is 4. The lowest BCUT2D eigenvalue weighted by atomic mass is 9.90. The number of hydrogen-bond acceptors (Lipinski definition) is 1. The molecule has 3 heteroatoms. The highest BCUT2D eigenvalue weighted by Gasteiger charge is 2.20. The molecule has 0 fully saturated rings. The van der Waals surface area contributed by atoms with Crippen LogP contribution >= 0.6 is 11.6 Å². The molecule has 0 aliphatic rings. The topological polar surface area (TPSA) is 17.8 Å². The number of benzene rings is 1. The molecule has 98 valence electrons. The number of aryl methyl sites for hydroxylation is 1. The summed E-state index contributed by atoms with van der Waals surface area (Å²) in [7, 11) is 0. The molecule has 0 amide bonds. The standard InChI is InChI=1S/C15H21ClN2/c1-5-15(3,4)10-18-13(9-16)17-12-8-6-7-11(2)14(12)18/h6-8H,5,9-10H2,1-4H3. The lowest BCUT2D eigenvalue weighted by Crippen LogP contribution is -2.20. The Hall–Kier alpha value is -1.02. The summed E-state index contributed by atoms with van der Waals surface area (Å²) in [5.41, 5.74) is 3.81. The Morgan fingerprint density at radius 1 is 1.33 bits per heavy atom. The van der Waals surface area contributed by atoms with Gasteiger partial charge < -0.3 is 4.57 Å². The van der Waals surface area contributed by atoms with Gasteiger partial charge in [0.15, 0.2) is 0 Å². The molecular weight excluding hydrogens is 244 g/mol. The maximum absolute atomic E-state index is 6.04. The molecule has 0 saturated carbocycles. The highest BCUT2D eigenvalue weighted by molar-refractivity contribution is 6.16. The predicted molar refractivity (Wildman–Crippen MR) is 78.1 cm³/mol. The van der Waals surface area contributed by atoms with Crippen molar-refractivity contribution in [2.75, 3.05) is 0 Å². The van der Waals surface area contributed by atoms with Crippen LogP contribution < -0.4 is 0 Å². The number of para-hydroxylation sites is 1. The molecule has 1 aromatic heterocycles. The Kier molecular flexibility index (Phi) is 3.67. The molecule has 0 N–H and O–H groups in total. The first-order valence-electron chi connectivity index (χ1n) is 6.49. The SMILES string of the molecule is CCC(C)(C)Cn1c(CCl)nc2cccc(C)c21. The smallest absolute Gasteiger partial charge is 0.124 e. The van der Waals surface area contributed by atoms with Gasteiger partial charge in [-0.1, -0.05) is 32.9 Å². The van der Waals surface area contributed by atoms with Crippen LogP contribution in [0.5, 0.6) is 0 Å². The maximum Gasteiger partial charge on any atom is 0.124 e. The summed E-state index contributed by atoms with van der Waals surface area (Å²) in [6.07, 6.45) is 1.14. The van der Waals surface area contributed by atoms with Crippen LogP contribution in [0.15, 0.2) is 18.2 Å². The van der Waals surface area contributed by atoms with Crippen molar-refractivity contribution in [3.8, 4) is 0 Å². The van der Waals surface area contributed by atoms with Crippen LogP contribution in [0.25, 0.3) is 11.0 Å². The van der Waals surface area contributed by atoms with Gasteiger partial charge in [0.1, 0.15) is 5.82 Å². The van der Waals surface area contributed by atoms with Crippen LogP contribution in [-0.2, 0) is 12.4 Å². The molecule has 0 aliphatic heterocycles. The Morgan fingerprint density at radius 2 is 2.06 bits per heavy atom. The molecule has 2 aromatic rings. The minimum atomic E-state index is 0.261. The third-order valence-electron chi connectivity index (χ3n) is 3.71. The molecule has 0 saturated heterocycles. The second-order valence-corrected chi connectivity index (χ2v) is 5.98. The van der Waals surface area contributed by atoms with E-state index in [1.54, 1.807) is 0 Å². The van der Waals surface area contributed by atoms with Crippen molar-refractivity contribution in [2.24, 2.45) is 5.41 Å². The maximum atomic E-state index is 6.04. The normalized spacial score (nSPS) is 12.3. The highest BCUT2D eigenvalue weighted by atomic mass is 35.5. The quantitative estimate of drug-likeness (QED) is 0.743. The van der Waals surface area contributed by atoms with E-state index >= 15 is 0 Å². The number of imidazole rings is 1. The molecule has 1 aromatic carbocycles. The lowest BCUT2D eigenvalue weighted by molar-refractivity contribution is 0.295. The van der Waals surface area contributed by atoms with Crippen molar-refractivity contribution in [3.63, 3.8) is 0 Å². The van der Waals surface area contributed by atoms with Crippen molar-refractivity contribution >= 4 is 22.6 Å². The zero-order valence-corrected chi connectivity index (χ0v) is 12.4. The van der Waals surface area contributed by atoms with Crippen LogP contribution in [0.2, 0.25) is 0 Å². The van der Waals surface area contributed by atoms with E-state index in [1.807, 2.05) is 0 Å². The van der Waals surface area contributed by atoms with E-state index in [1.165, 1.54) is 11.1 Å². The van der Waals surface area contributed by atoms with Crippen LogP contribution in [0.1, 0.15) is 38.6 Å². The average molecular weight is 265 g/mol. The van der Waals surface area contributed by atoms with E-state index in [9.17, 15) is 0 Å². The third kappa shape index (κ3) is 2.39. The van der Waals surface area contributed by atoms with Crippen molar-refractivity contribution < 1.29 is 0 Å². The molecule has 2 nitrogen and oxygen atoms in total. The van der Waals surface area contributed by atoms with E-state index in [-0.39, 0.29) is 5.41 Å². The molecule has 0 atom stereocenters. The summed E-state index contributed by atoms with van der Waals surface area (Å²) < 4.78 is 2.29. The number of fused-ring (bicyclic) bond motifs is 1. The summed E-state index contributed by atoms with van der Waals surface area (Å²) >= 11 is 6.04. The van der Waals surface area contributed by atoms with Crippen molar-refractivity contribution in [2.45, 2.75) is 46.5 Å². The molecule has 1 heterocycles. The molecule has 0 bridgehead atoms. The van der Waals surface area contributed by atoms with Gasteiger partial charge >= 0.3 is 0 Å². The van der Waals surface area contributed by atoms with Crippen LogP contribution in [0.3, 0.4) is 0 Å². The summed E-state index contributed by atoms with van der Waals surface area (Å²) in [4.78, 5) is 4.64. The number of aromatic nitrogens is 2. The lowest BCUT2D eigenvalue weighted by Gasteiger charge is -2.25. The van der Waals surface area contributed by atoms with Crippen LogP contribution in [0, 0.1) is 12.3 Å². The molecule has 2 rings (SSSR count). The second kappa shape index (κ2) is 4.93. The van der Waals surface area contributed by atoms with Crippen molar-refractivity contribution in [1.82, 2.24) is 9.55 Å². The Bertz CT molecular complexity index is 555. The number of halogens is 1. The van der Waals surface area contributed by atoms with Gasteiger partial charge in [0, 0.05) is 6.54 Å². The number of alkyl halides is 1. The fourth-order valence-corrected chi connectivity index (χ4v) is 2.43. The van der Waals surface area contributed by atoms with Gasteiger partial charge in [-0.2, -0.15) is 0 Å². The molecule has 18 heavy (non-hydrogen) atoms. The van der Waals surface area contributed by atoms with Gasteiger partial charge in [0.05, 0.1) is 16.9 Å². The zero-order valence-electron chi connectivity index (χ0n) is 11.6. The first kappa shape index (κ1) is 13.4. The fraction of sp³-hybridized carbons (Fsp3) is 0.533. The first-order valence-corrected chi connectivity index (χ1v) is 7.02. The zero-order chi connectivity index (χ0) is 13.3. The summed E-state index contributed by atoms with van der Waals surface area (Å²) in [6.45, 7) is 9.90. The van der Waals surface area contributed by atoms with Crippen LogP contribution in [-0.4, -0.2) is 9.55 Å². The van der Waals surface area contributed by atoms with E-state index in [4.69, 9.17) is 11.6 Å². The number of nitrogens with zero attached hydrogens (tertiary/aromatic N) is 2. The van der Waals surface area contributed by atoms with Crippen LogP contribution in [0.4, 0.5) is 0 Å². The summed E-state index contributed by atoms with van der Waals surface area (Å²) in [5, 5.41) is 0. The van der Waals surface area contributed by atoms with Crippen molar-refractivity contribution in [1.29, 1.82) is 0 Å². The Labute approximate surface area is 114 Å². The molecule has 0 aliphatic carbocycles. The van der Waals surface area contributed by atoms with E-state index in [0.29, 0.717) is 5.88 Å². The van der Waals surface area contributed by atoms with E-state index < -0.39 is 0 Å². The summed E-state index contributed by atoms with van der Waals surface area (Å²) in [6, 6.07) is 6.25. The van der Waals surface area contributed by atoms with Gasteiger partial charge in [-0.15, -0.1) is 11.6 Å². The van der Waals surface area contributed by atoms with Crippen molar-refractivity contribution in [3.05, 3.63) is 29.6 Å². The predicted octanol–water partition coefficient (Wildman–Crippen LogP) is 4.52. The molecular formula is C15H21ClN2. The molecule has 0 radical (unpaired) electrons. The first-order chi connectivity index (χ1) is 8.48. The van der Waals surface area contributed by atoms with E-state index in [2.05, 4.69) is 55.4 Å². The average Bonchev–Trinajstić information content (AvgIpc) is 2.68. The fourth-order valence-electron chi connectivity index (χ4n) is 2.23. The third-order valence-corrected chi connectivity index (χ3v) is 3.95. The van der Waals surface area contributed by atoms with Gasteiger partial charge in [-0.25, -0.2) is 4.98 Å². The monoisotopic (exact) mass is 264 g/mol. The van der Waals surface area contributed by atoms with Gasteiger partial charge in [-0.3, -0.25) is 0 Å². The van der Waals surface area contributed by atoms with Gasteiger partial charge in [-0.05, 0) is 30.4 Å². The van der Waals surface area contributed by atoms with Gasteiger partial charge in [0.2, 0.25) is 0 Å². The molecule has 0 spiro atoms. The minimum Gasteiger partial charge on any atom is -0.326 e. The number of hydrogen-bond donors (Lipinski definition) is 0. The summed E-state index contributed by atoms with van der Waals surface area (Å²) in [5.74, 6) is 1.44. The Balaban J connectivity index is 2.60. The largest absolute Gasteiger partial charge is 0.326 e. The molecule has 0 unspecified atom stereocenters. The Morgan fingerprint density at radius 3 is 2.67 bits per heavy atom. The highest BCUT2D eigenvalue weighted by Crippen LogP contribution is 2.28.